The predicted octanol–water partition coefficient (Wildman–Crippen LogP) is 1.44. The predicted molar refractivity (Wildman–Crippen MR) is 86.5 cm³/mol. The Balaban J connectivity index is 2.50. The number of ether oxygens (including phenoxy) is 2. The zero-order valence-corrected chi connectivity index (χ0v) is 13.4. The number of nitrogens with zero attached hydrogens (tertiary/aromatic N) is 4. The lowest BCUT2D eigenvalue weighted by Gasteiger charge is -2.10. The lowest BCUT2D eigenvalue weighted by molar-refractivity contribution is 0.173. The highest BCUT2D eigenvalue weighted by molar-refractivity contribution is 6.02. The molecule has 0 radical (unpaired) electrons. The first-order valence-corrected chi connectivity index (χ1v) is 6.91. The van der Waals surface area contributed by atoms with Gasteiger partial charge in [0.15, 0.2) is 5.82 Å². The average molecular weight is 342 g/mol. The molecule has 2 amide bonds. The van der Waals surface area contributed by atoms with Gasteiger partial charge in [0.05, 0.1) is 26.1 Å². The van der Waals surface area contributed by atoms with Crippen LogP contribution in [0.3, 0.4) is 0 Å². The molecule has 10 heteroatoms. The maximum atomic E-state index is 11.4. The van der Waals surface area contributed by atoms with Gasteiger partial charge in [-0.05, 0) is 12.1 Å². The summed E-state index contributed by atoms with van der Waals surface area (Å²) in [7, 11) is 2.31. The van der Waals surface area contributed by atoms with Crippen molar-refractivity contribution in [2.75, 3.05) is 14.2 Å². The molecule has 0 saturated heterocycles. The number of rotatable bonds is 2. The van der Waals surface area contributed by atoms with Gasteiger partial charge in [0.1, 0.15) is 11.6 Å². The molecule has 0 aliphatic rings. The van der Waals surface area contributed by atoms with Crippen LogP contribution in [0.15, 0.2) is 41.5 Å². The molecule has 128 valence electrons. The normalized spacial score (nSPS) is 9.48. The Hall–Kier alpha value is -3.87. The summed E-state index contributed by atoms with van der Waals surface area (Å²) in [6.07, 6.45) is -0.404. The minimum atomic E-state index is -0.862. The van der Waals surface area contributed by atoms with Crippen LogP contribution in [0, 0.1) is 11.3 Å². The Bertz CT molecular complexity index is 817. The smallest absolute Gasteiger partial charge is 0.413 e. The van der Waals surface area contributed by atoms with E-state index in [2.05, 4.69) is 30.2 Å². The number of nitrogens with one attached hydrogen (secondary N) is 2. The number of carbonyl (C=O) groups excluding carboxylic acids is 2. The fourth-order valence-electron chi connectivity index (χ4n) is 1.78. The van der Waals surface area contributed by atoms with Gasteiger partial charge in [0.2, 0.25) is 5.96 Å². The summed E-state index contributed by atoms with van der Waals surface area (Å²) in [5.41, 5.74) is 0.776. The van der Waals surface area contributed by atoms with Crippen LogP contribution in [0.4, 0.5) is 15.4 Å². The molecule has 2 N–H and O–H groups in total. The number of para-hydroxylation sites is 1. The molecule has 0 aliphatic heterocycles. The molecular weight excluding hydrogens is 328 g/mol. The van der Waals surface area contributed by atoms with Crippen LogP contribution in [-0.2, 0) is 9.47 Å². The summed E-state index contributed by atoms with van der Waals surface area (Å²) in [6, 6.07) is 10.9. The molecule has 0 fully saturated rings. The van der Waals surface area contributed by atoms with Gasteiger partial charge in [-0.25, -0.2) is 14.3 Å². The van der Waals surface area contributed by atoms with Gasteiger partial charge in [-0.2, -0.15) is 15.4 Å². The number of hydrogen-bond donors (Lipinski definition) is 2. The molecule has 0 unspecified atom stereocenters. The monoisotopic (exact) mass is 342 g/mol. The molecule has 2 aromatic rings. The molecule has 1 aromatic carbocycles. The van der Waals surface area contributed by atoms with Gasteiger partial charge in [-0.1, -0.05) is 18.2 Å². The van der Waals surface area contributed by atoms with E-state index < -0.39 is 12.2 Å². The van der Waals surface area contributed by atoms with Gasteiger partial charge < -0.3 is 9.47 Å². The number of nitriles is 1. The Labute approximate surface area is 142 Å². The quantitative estimate of drug-likeness (QED) is 0.627. The van der Waals surface area contributed by atoms with Crippen molar-refractivity contribution in [3.8, 4) is 11.8 Å². The van der Waals surface area contributed by atoms with Gasteiger partial charge in [-0.3, -0.25) is 10.6 Å². The molecule has 0 bridgehead atoms. The summed E-state index contributed by atoms with van der Waals surface area (Å²) in [6.45, 7) is 0. The van der Waals surface area contributed by atoms with Crippen molar-refractivity contribution in [3.05, 3.63) is 42.1 Å². The van der Waals surface area contributed by atoms with Crippen molar-refractivity contribution in [2.24, 2.45) is 4.99 Å². The topological polar surface area (TPSA) is 131 Å². The van der Waals surface area contributed by atoms with Crippen LogP contribution < -0.4 is 10.6 Å². The number of guanidine groups is 1. The Morgan fingerprint density at radius 2 is 1.76 bits per heavy atom. The highest BCUT2D eigenvalue weighted by Crippen LogP contribution is 2.22. The Kier molecular flexibility index (Phi) is 5.67. The summed E-state index contributed by atoms with van der Waals surface area (Å²) < 4.78 is 10.3. The third kappa shape index (κ3) is 4.32. The molecule has 1 aromatic heterocycles. The van der Waals surface area contributed by atoms with E-state index in [1.54, 1.807) is 24.3 Å². The fourth-order valence-corrected chi connectivity index (χ4v) is 1.78. The Morgan fingerprint density at radius 1 is 1.16 bits per heavy atom. The first-order valence-electron chi connectivity index (χ1n) is 6.91. The molecular formula is C15H14N6O4. The standard InChI is InChI=1S/C15H14N6O4/c1-24-14(22)19-13(20-15(23)25-2)18-12-10(8-16)9-17-21(12)11-6-4-3-5-7-11/h3-7,9H,1-2H3,(H2,18,19,20,22,23). The SMILES string of the molecule is COC(=O)NC(=Nc1c(C#N)cnn1-c1ccccc1)NC(=O)OC. The van der Waals surface area contributed by atoms with Crippen molar-refractivity contribution in [2.45, 2.75) is 0 Å². The van der Waals surface area contributed by atoms with Crippen LogP contribution in [0.2, 0.25) is 0 Å². The average Bonchev–Trinajstić information content (AvgIpc) is 3.04. The van der Waals surface area contributed by atoms with Gasteiger partial charge in [0, 0.05) is 0 Å². The van der Waals surface area contributed by atoms with Gasteiger partial charge >= 0.3 is 12.2 Å². The van der Waals surface area contributed by atoms with E-state index in [0.29, 0.717) is 5.69 Å². The first kappa shape index (κ1) is 17.5. The minimum Gasteiger partial charge on any atom is -0.453 e. The van der Waals surface area contributed by atoms with Gasteiger partial charge in [-0.15, -0.1) is 0 Å². The van der Waals surface area contributed by atoms with Crippen LogP contribution in [0.25, 0.3) is 5.69 Å². The molecule has 10 nitrogen and oxygen atoms in total. The summed E-state index contributed by atoms with van der Waals surface area (Å²) in [4.78, 5) is 27.0. The molecule has 0 atom stereocenters. The largest absolute Gasteiger partial charge is 0.453 e. The van der Waals surface area contributed by atoms with Crippen LogP contribution in [0.5, 0.6) is 0 Å². The number of aromatic nitrogens is 2. The lowest BCUT2D eigenvalue weighted by atomic mass is 10.3. The highest BCUT2D eigenvalue weighted by Gasteiger charge is 2.16. The number of amides is 2. The van der Waals surface area contributed by atoms with E-state index in [9.17, 15) is 14.9 Å². The van der Waals surface area contributed by atoms with E-state index in [4.69, 9.17) is 0 Å². The number of aliphatic imine (C=N–C) groups is 1. The van der Waals surface area contributed by atoms with Crippen molar-refractivity contribution < 1.29 is 19.1 Å². The maximum Gasteiger partial charge on any atom is 0.413 e. The summed E-state index contributed by atoms with van der Waals surface area (Å²) in [5.74, 6) is -0.176. The highest BCUT2D eigenvalue weighted by atomic mass is 16.5. The zero-order chi connectivity index (χ0) is 18.2. The summed E-state index contributed by atoms with van der Waals surface area (Å²) >= 11 is 0. The molecule has 1 heterocycles. The fraction of sp³-hybridized carbons (Fsp3) is 0.133. The number of benzene rings is 1. The molecule has 0 spiro atoms. The molecule has 25 heavy (non-hydrogen) atoms. The second-order valence-electron chi connectivity index (χ2n) is 4.43. The molecule has 0 saturated carbocycles. The third-order valence-corrected chi connectivity index (χ3v) is 2.89. The van der Waals surface area contributed by atoms with Crippen molar-refractivity contribution in [1.82, 2.24) is 20.4 Å². The number of hydrogen-bond acceptors (Lipinski definition) is 7. The van der Waals surface area contributed by atoms with E-state index >= 15 is 0 Å². The minimum absolute atomic E-state index is 0.108. The van der Waals surface area contributed by atoms with Crippen molar-refractivity contribution in [3.63, 3.8) is 0 Å². The number of carbonyl (C=O) groups is 2. The second kappa shape index (κ2) is 8.11. The molecule has 0 aliphatic carbocycles. The third-order valence-electron chi connectivity index (χ3n) is 2.89. The second-order valence-corrected chi connectivity index (χ2v) is 4.43. The lowest BCUT2D eigenvalue weighted by Crippen LogP contribution is -2.43. The molecule has 2 rings (SSSR count). The number of methoxy groups -OCH3 is 2. The van der Waals surface area contributed by atoms with Crippen LogP contribution in [-0.4, -0.2) is 42.1 Å². The summed E-state index contributed by atoms with van der Waals surface area (Å²) in [5, 5.41) is 17.8. The van der Waals surface area contributed by atoms with E-state index in [-0.39, 0.29) is 17.3 Å². The first-order chi connectivity index (χ1) is 12.1. The number of alkyl carbamates (subject to hydrolysis) is 2. The van der Waals surface area contributed by atoms with E-state index in [1.165, 1.54) is 10.9 Å². The van der Waals surface area contributed by atoms with Crippen molar-refractivity contribution >= 4 is 24.0 Å². The van der Waals surface area contributed by atoms with Crippen LogP contribution >= 0.6 is 0 Å². The van der Waals surface area contributed by atoms with Crippen LogP contribution in [0.1, 0.15) is 5.56 Å². The zero-order valence-electron chi connectivity index (χ0n) is 13.4. The maximum absolute atomic E-state index is 11.4. The Morgan fingerprint density at radius 3 is 2.28 bits per heavy atom. The van der Waals surface area contributed by atoms with Gasteiger partial charge in [0.25, 0.3) is 0 Å². The van der Waals surface area contributed by atoms with E-state index in [0.717, 1.165) is 14.2 Å². The van der Waals surface area contributed by atoms with Crippen molar-refractivity contribution in [1.29, 1.82) is 5.26 Å². The van der Waals surface area contributed by atoms with E-state index in [1.807, 2.05) is 12.1 Å².